The van der Waals surface area contributed by atoms with Crippen LogP contribution < -0.4 is 10.1 Å². The standard InChI is InChI=1S/C23H15ClN4O6/c24-18-6-8-21(34-22-9-7-19(27(30)31)12-20(22)28(32)33)16(11-18)10-17(13-25)23(29)26-14-15-4-2-1-3-5-15/h1-12H,14H2,(H,26,29)/b17-10+. The van der Waals surface area contributed by atoms with Crippen molar-refractivity contribution in [2.24, 2.45) is 0 Å². The lowest BCUT2D eigenvalue weighted by Gasteiger charge is -2.10. The summed E-state index contributed by atoms with van der Waals surface area (Å²) in [7, 11) is 0. The smallest absolute Gasteiger partial charge is 0.318 e. The van der Waals surface area contributed by atoms with Crippen LogP contribution in [-0.2, 0) is 11.3 Å². The number of nitro benzene ring substituents is 2. The molecule has 0 aromatic heterocycles. The Morgan fingerprint density at radius 2 is 1.74 bits per heavy atom. The summed E-state index contributed by atoms with van der Waals surface area (Å²) in [5, 5.41) is 34.8. The minimum absolute atomic E-state index is 0.0463. The molecule has 0 atom stereocenters. The number of nitrogens with one attached hydrogen (secondary N) is 1. The van der Waals surface area contributed by atoms with E-state index in [2.05, 4.69) is 5.32 Å². The van der Waals surface area contributed by atoms with E-state index in [1.807, 2.05) is 36.4 Å². The molecule has 1 amide bonds. The monoisotopic (exact) mass is 478 g/mol. The molecule has 3 rings (SSSR count). The Morgan fingerprint density at radius 1 is 1.03 bits per heavy atom. The zero-order chi connectivity index (χ0) is 24.7. The highest BCUT2D eigenvalue weighted by Crippen LogP contribution is 2.36. The normalized spacial score (nSPS) is 10.8. The molecule has 0 radical (unpaired) electrons. The lowest BCUT2D eigenvalue weighted by Crippen LogP contribution is -2.23. The van der Waals surface area contributed by atoms with Crippen LogP contribution in [0.3, 0.4) is 0 Å². The van der Waals surface area contributed by atoms with Crippen LogP contribution >= 0.6 is 11.6 Å². The van der Waals surface area contributed by atoms with E-state index in [4.69, 9.17) is 16.3 Å². The van der Waals surface area contributed by atoms with E-state index in [1.165, 1.54) is 24.3 Å². The van der Waals surface area contributed by atoms with Crippen LogP contribution in [0.2, 0.25) is 5.02 Å². The molecule has 0 saturated heterocycles. The van der Waals surface area contributed by atoms with Gasteiger partial charge in [-0.25, -0.2) is 0 Å². The van der Waals surface area contributed by atoms with E-state index >= 15 is 0 Å². The van der Waals surface area contributed by atoms with Crippen LogP contribution in [0.15, 0.2) is 72.3 Å². The van der Waals surface area contributed by atoms with Crippen LogP contribution in [0.5, 0.6) is 11.5 Å². The van der Waals surface area contributed by atoms with E-state index in [-0.39, 0.29) is 34.2 Å². The molecule has 11 heteroatoms. The second-order valence-corrected chi connectivity index (χ2v) is 7.22. The van der Waals surface area contributed by atoms with Crippen LogP contribution in [0, 0.1) is 31.6 Å². The van der Waals surface area contributed by atoms with Crippen LogP contribution in [-0.4, -0.2) is 15.8 Å². The first-order valence-corrected chi connectivity index (χ1v) is 10.0. The SMILES string of the molecule is N#C/C(=C\c1cc(Cl)ccc1Oc1ccc([N+](=O)[O-])cc1[N+](=O)[O-])C(=O)NCc1ccccc1. The first kappa shape index (κ1) is 23.9. The number of rotatable bonds is 8. The highest BCUT2D eigenvalue weighted by Gasteiger charge is 2.22. The number of non-ortho nitro benzene ring substituents is 1. The molecule has 0 unspecified atom stereocenters. The third kappa shape index (κ3) is 5.93. The maximum atomic E-state index is 12.5. The summed E-state index contributed by atoms with van der Waals surface area (Å²) >= 11 is 6.05. The fourth-order valence-corrected chi connectivity index (χ4v) is 3.05. The highest BCUT2D eigenvalue weighted by molar-refractivity contribution is 6.30. The average Bonchev–Trinajstić information content (AvgIpc) is 2.83. The molecule has 0 fully saturated rings. The molecule has 0 bridgehead atoms. The van der Waals surface area contributed by atoms with E-state index in [0.717, 1.165) is 23.8 Å². The predicted molar refractivity (Wildman–Crippen MR) is 123 cm³/mol. The first-order valence-electron chi connectivity index (χ1n) is 9.62. The van der Waals surface area contributed by atoms with Crippen LogP contribution in [0.4, 0.5) is 11.4 Å². The van der Waals surface area contributed by atoms with Gasteiger partial charge in [0.15, 0.2) is 0 Å². The van der Waals surface area contributed by atoms with Gasteiger partial charge in [-0.05, 0) is 35.9 Å². The van der Waals surface area contributed by atoms with E-state index in [1.54, 1.807) is 0 Å². The maximum Gasteiger partial charge on any atom is 0.318 e. The van der Waals surface area contributed by atoms with Crippen molar-refractivity contribution in [3.8, 4) is 17.6 Å². The molecule has 0 aliphatic heterocycles. The minimum Gasteiger partial charge on any atom is -0.449 e. The predicted octanol–water partition coefficient (Wildman–Crippen LogP) is 5.17. The molecule has 34 heavy (non-hydrogen) atoms. The summed E-state index contributed by atoms with van der Waals surface area (Å²) in [4.78, 5) is 33.3. The zero-order valence-corrected chi connectivity index (χ0v) is 18.1. The molecule has 0 aliphatic carbocycles. The number of halogens is 1. The van der Waals surface area contributed by atoms with Gasteiger partial charge in [-0.3, -0.25) is 25.0 Å². The second kappa shape index (κ2) is 10.7. The number of nitriles is 1. The van der Waals surface area contributed by atoms with Gasteiger partial charge >= 0.3 is 5.69 Å². The van der Waals surface area contributed by atoms with Crippen LogP contribution in [0.1, 0.15) is 11.1 Å². The third-order valence-corrected chi connectivity index (χ3v) is 4.74. The number of hydrogen-bond donors (Lipinski definition) is 1. The van der Waals surface area contributed by atoms with Gasteiger partial charge in [0.1, 0.15) is 17.4 Å². The lowest BCUT2D eigenvalue weighted by molar-refractivity contribution is -0.394. The van der Waals surface area contributed by atoms with Crippen molar-refractivity contribution in [2.45, 2.75) is 6.54 Å². The first-order chi connectivity index (χ1) is 16.3. The number of amides is 1. The Kier molecular flexibility index (Phi) is 7.53. The Bertz CT molecular complexity index is 1340. The average molecular weight is 479 g/mol. The van der Waals surface area contributed by atoms with Gasteiger partial charge in [-0.1, -0.05) is 41.9 Å². The van der Waals surface area contributed by atoms with E-state index in [9.17, 15) is 30.3 Å². The van der Waals surface area contributed by atoms with Crippen molar-refractivity contribution in [1.29, 1.82) is 5.26 Å². The molecule has 0 aliphatic rings. The molecular formula is C23H15ClN4O6. The van der Waals surface area contributed by atoms with Crippen molar-refractivity contribution in [2.75, 3.05) is 0 Å². The Balaban J connectivity index is 1.92. The minimum atomic E-state index is -0.814. The van der Waals surface area contributed by atoms with Crippen molar-refractivity contribution >= 4 is 35.0 Å². The van der Waals surface area contributed by atoms with Crippen molar-refractivity contribution in [3.05, 3.63) is 109 Å². The maximum absolute atomic E-state index is 12.5. The molecule has 0 heterocycles. The van der Waals surface area contributed by atoms with Gasteiger partial charge in [-0.15, -0.1) is 0 Å². The van der Waals surface area contributed by atoms with Gasteiger partial charge < -0.3 is 10.1 Å². The van der Waals surface area contributed by atoms with Gasteiger partial charge in [0.05, 0.1) is 15.9 Å². The Morgan fingerprint density at radius 3 is 2.38 bits per heavy atom. The summed E-state index contributed by atoms with van der Waals surface area (Å²) in [6.07, 6.45) is 1.23. The molecule has 10 nitrogen and oxygen atoms in total. The molecule has 3 aromatic carbocycles. The zero-order valence-electron chi connectivity index (χ0n) is 17.3. The van der Waals surface area contributed by atoms with Gasteiger partial charge in [0.25, 0.3) is 11.6 Å². The van der Waals surface area contributed by atoms with Gasteiger partial charge in [0, 0.05) is 23.2 Å². The quantitative estimate of drug-likeness (QED) is 0.203. The lowest BCUT2D eigenvalue weighted by atomic mass is 10.1. The number of carbonyl (C=O) groups is 1. The number of carbonyl (C=O) groups excluding carboxylic acids is 1. The third-order valence-electron chi connectivity index (χ3n) is 4.50. The number of hydrogen-bond acceptors (Lipinski definition) is 7. The summed E-state index contributed by atoms with van der Waals surface area (Å²) in [5.74, 6) is -0.858. The fraction of sp³-hybridized carbons (Fsp3) is 0.0435. The Hall–Kier alpha value is -4.75. The van der Waals surface area contributed by atoms with Gasteiger partial charge in [-0.2, -0.15) is 5.26 Å². The van der Waals surface area contributed by atoms with Gasteiger partial charge in [0.2, 0.25) is 5.75 Å². The highest BCUT2D eigenvalue weighted by atomic mass is 35.5. The fourth-order valence-electron chi connectivity index (χ4n) is 2.87. The molecule has 0 saturated carbocycles. The molecule has 170 valence electrons. The summed E-state index contributed by atoms with van der Waals surface area (Å²) in [6, 6.07) is 18.1. The summed E-state index contributed by atoms with van der Waals surface area (Å²) in [6.45, 7) is 0.201. The molecule has 0 spiro atoms. The van der Waals surface area contributed by atoms with Crippen molar-refractivity contribution < 1.29 is 19.4 Å². The number of nitro groups is 2. The van der Waals surface area contributed by atoms with E-state index < -0.39 is 27.1 Å². The van der Waals surface area contributed by atoms with Crippen molar-refractivity contribution in [3.63, 3.8) is 0 Å². The number of nitrogens with zero attached hydrogens (tertiary/aromatic N) is 3. The van der Waals surface area contributed by atoms with E-state index in [0.29, 0.717) is 0 Å². The summed E-state index contributed by atoms with van der Waals surface area (Å²) in [5.41, 5.74) is -0.310. The molecule has 1 N–H and O–H groups in total. The van der Waals surface area contributed by atoms with Crippen LogP contribution in [0.25, 0.3) is 6.08 Å². The topological polar surface area (TPSA) is 148 Å². The number of benzene rings is 3. The molecular weight excluding hydrogens is 464 g/mol. The second-order valence-electron chi connectivity index (χ2n) is 6.79. The number of ether oxygens (including phenoxy) is 1. The Labute approximate surface area is 198 Å². The molecule has 3 aromatic rings. The van der Waals surface area contributed by atoms with Crippen molar-refractivity contribution in [1.82, 2.24) is 5.32 Å². The summed E-state index contributed by atoms with van der Waals surface area (Å²) < 4.78 is 5.64. The largest absolute Gasteiger partial charge is 0.449 e.